The van der Waals surface area contributed by atoms with E-state index >= 15 is 0 Å². The van der Waals surface area contributed by atoms with Crippen LogP contribution in [0.4, 0.5) is 18.9 Å². The summed E-state index contributed by atoms with van der Waals surface area (Å²) in [5.74, 6) is -0.509. The molecule has 2 nitrogen and oxygen atoms in total. The number of hydrogen-bond donors (Lipinski definition) is 0. The number of alkyl halides is 3. The summed E-state index contributed by atoms with van der Waals surface area (Å²) in [7, 11) is 0. The van der Waals surface area contributed by atoms with E-state index in [2.05, 4.69) is 15.9 Å². The molecule has 1 aromatic carbocycles. The summed E-state index contributed by atoms with van der Waals surface area (Å²) < 4.78 is 37.5. The van der Waals surface area contributed by atoms with Crippen molar-refractivity contribution in [2.24, 2.45) is 0 Å². The first-order valence-electron chi connectivity index (χ1n) is 4.52. The number of hydrogen-bond acceptors (Lipinski definition) is 1. The monoisotopic (exact) mass is 293 g/mol. The molecule has 0 unspecified atom stereocenters. The molecule has 0 spiro atoms. The number of benzene rings is 1. The lowest BCUT2D eigenvalue weighted by molar-refractivity contribution is -0.131. The highest BCUT2D eigenvalue weighted by atomic mass is 79.9. The Labute approximate surface area is 98.2 Å². The number of anilines is 1. The van der Waals surface area contributed by atoms with Crippen molar-refractivity contribution in [1.82, 2.24) is 0 Å². The van der Waals surface area contributed by atoms with Gasteiger partial charge in [0, 0.05) is 10.2 Å². The number of halogens is 4. The third kappa shape index (κ3) is 2.21. The molecular formula is C10H7BrF3NO. The standard InChI is InChI=1S/C10H7BrF3NO/c11-7-2-1-6-3-9(16)15(8(6)4-7)5-10(12,13)14/h1-2,4H,3,5H2. The van der Waals surface area contributed by atoms with Crippen molar-refractivity contribution in [3.05, 3.63) is 28.2 Å². The Bertz CT molecular complexity index is 444. The van der Waals surface area contributed by atoms with Crippen molar-refractivity contribution < 1.29 is 18.0 Å². The zero-order chi connectivity index (χ0) is 11.9. The quantitative estimate of drug-likeness (QED) is 0.780. The van der Waals surface area contributed by atoms with Crippen LogP contribution in [0.1, 0.15) is 5.56 Å². The Kier molecular flexibility index (Phi) is 2.69. The minimum atomic E-state index is -4.38. The highest BCUT2D eigenvalue weighted by Crippen LogP contribution is 2.33. The minimum Gasteiger partial charge on any atom is -0.303 e. The van der Waals surface area contributed by atoms with Gasteiger partial charge in [0.15, 0.2) is 0 Å². The van der Waals surface area contributed by atoms with Crippen LogP contribution in [0.25, 0.3) is 0 Å². The maximum absolute atomic E-state index is 12.3. The smallest absolute Gasteiger partial charge is 0.303 e. The molecule has 0 N–H and O–H groups in total. The minimum absolute atomic E-state index is 0.0404. The molecule has 0 saturated heterocycles. The van der Waals surface area contributed by atoms with Crippen molar-refractivity contribution in [2.45, 2.75) is 12.6 Å². The van der Waals surface area contributed by atoms with Gasteiger partial charge in [0.2, 0.25) is 5.91 Å². The van der Waals surface area contributed by atoms with Gasteiger partial charge in [-0.25, -0.2) is 0 Å². The molecule has 2 rings (SSSR count). The molecule has 1 aliphatic heterocycles. The number of nitrogens with zero attached hydrogens (tertiary/aromatic N) is 1. The maximum atomic E-state index is 12.3. The van der Waals surface area contributed by atoms with E-state index < -0.39 is 18.6 Å². The van der Waals surface area contributed by atoms with E-state index in [0.29, 0.717) is 15.7 Å². The largest absolute Gasteiger partial charge is 0.406 e. The summed E-state index contributed by atoms with van der Waals surface area (Å²) in [6.07, 6.45) is -4.34. The van der Waals surface area contributed by atoms with E-state index in [0.717, 1.165) is 4.90 Å². The molecule has 0 bridgehead atoms. The van der Waals surface area contributed by atoms with Gasteiger partial charge < -0.3 is 4.90 Å². The molecule has 0 saturated carbocycles. The molecular weight excluding hydrogens is 287 g/mol. The van der Waals surface area contributed by atoms with Gasteiger partial charge in [-0.15, -0.1) is 0 Å². The van der Waals surface area contributed by atoms with Gasteiger partial charge in [0.25, 0.3) is 0 Å². The van der Waals surface area contributed by atoms with E-state index in [1.807, 2.05) is 0 Å². The third-order valence-corrected chi connectivity index (χ3v) is 2.81. The Hall–Kier alpha value is -1.04. The van der Waals surface area contributed by atoms with Crippen molar-refractivity contribution >= 4 is 27.5 Å². The van der Waals surface area contributed by atoms with Crippen LogP contribution < -0.4 is 4.90 Å². The molecule has 0 aliphatic carbocycles. The fourth-order valence-corrected chi connectivity index (χ4v) is 2.03. The second kappa shape index (κ2) is 3.76. The second-order valence-electron chi connectivity index (χ2n) is 3.54. The van der Waals surface area contributed by atoms with Crippen LogP contribution in [0.15, 0.2) is 22.7 Å². The van der Waals surface area contributed by atoms with Crippen LogP contribution >= 0.6 is 15.9 Å². The molecule has 0 aromatic heterocycles. The van der Waals surface area contributed by atoms with Gasteiger partial charge in [-0.2, -0.15) is 13.2 Å². The lowest BCUT2D eigenvalue weighted by atomic mass is 10.2. The van der Waals surface area contributed by atoms with Crippen LogP contribution in [0.3, 0.4) is 0 Å². The Morgan fingerprint density at radius 3 is 2.69 bits per heavy atom. The second-order valence-corrected chi connectivity index (χ2v) is 4.46. The van der Waals surface area contributed by atoms with Crippen LogP contribution in [-0.4, -0.2) is 18.6 Å². The number of fused-ring (bicyclic) bond motifs is 1. The Balaban J connectivity index is 2.35. The third-order valence-electron chi connectivity index (χ3n) is 2.32. The molecule has 1 aromatic rings. The fourth-order valence-electron chi connectivity index (χ4n) is 1.68. The van der Waals surface area contributed by atoms with Gasteiger partial charge in [0.05, 0.1) is 6.42 Å². The van der Waals surface area contributed by atoms with Gasteiger partial charge in [-0.05, 0) is 17.7 Å². The normalized spacial score (nSPS) is 15.5. The highest BCUT2D eigenvalue weighted by molar-refractivity contribution is 9.10. The maximum Gasteiger partial charge on any atom is 0.406 e. The van der Waals surface area contributed by atoms with Crippen LogP contribution in [-0.2, 0) is 11.2 Å². The SMILES string of the molecule is O=C1Cc2ccc(Br)cc2N1CC(F)(F)F. The lowest BCUT2D eigenvalue weighted by Crippen LogP contribution is -2.36. The summed E-state index contributed by atoms with van der Waals surface area (Å²) in [5.41, 5.74) is 0.981. The molecule has 1 amide bonds. The molecule has 1 heterocycles. The van der Waals surface area contributed by atoms with Crippen molar-refractivity contribution in [2.75, 3.05) is 11.4 Å². The summed E-state index contributed by atoms with van der Waals surface area (Å²) >= 11 is 3.17. The average Bonchev–Trinajstić information content (AvgIpc) is 2.42. The Morgan fingerprint density at radius 2 is 2.06 bits per heavy atom. The summed E-state index contributed by atoms with van der Waals surface area (Å²) in [6.45, 7) is -1.23. The van der Waals surface area contributed by atoms with Crippen molar-refractivity contribution in [1.29, 1.82) is 0 Å². The molecule has 16 heavy (non-hydrogen) atoms. The van der Waals surface area contributed by atoms with Gasteiger partial charge in [-0.1, -0.05) is 22.0 Å². The number of carbonyl (C=O) groups excluding carboxylic acids is 1. The van der Waals surface area contributed by atoms with E-state index in [-0.39, 0.29) is 6.42 Å². The summed E-state index contributed by atoms with van der Waals surface area (Å²) in [5, 5.41) is 0. The van der Waals surface area contributed by atoms with E-state index in [1.165, 1.54) is 6.07 Å². The fraction of sp³-hybridized carbons (Fsp3) is 0.300. The number of carbonyl (C=O) groups is 1. The average molecular weight is 294 g/mol. The van der Waals surface area contributed by atoms with E-state index in [4.69, 9.17) is 0 Å². The molecule has 0 atom stereocenters. The number of amides is 1. The Morgan fingerprint density at radius 1 is 1.38 bits per heavy atom. The topological polar surface area (TPSA) is 20.3 Å². The van der Waals surface area contributed by atoms with Crippen LogP contribution in [0.5, 0.6) is 0 Å². The van der Waals surface area contributed by atoms with Gasteiger partial charge in [0.1, 0.15) is 6.54 Å². The summed E-state index contributed by atoms with van der Waals surface area (Å²) in [6, 6.07) is 4.91. The van der Waals surface area contributed by atoms with E-state index in [1.54, 1.807) is 12.1 Å². The highest BCUT2D eigenvalue weighted by Gasteiger charge is 2.37. The zero-order valence-electron chi connectivity index (χ0n) is 8.01. The van der Waals surface area contributed by atoms with Crippen molar-refractivity contribution in [3.63, 3.8) is 0 Å². The predicted molar refractivity (Wildman–Crippen MR) is 56.3 cm³/mol. The first-order valence-corrected chi connectivity index (χ1v) is 5.32. The van der Waals surface area contributed by atoms with Crippen molar-refractivity contribution in [3.8, 4) is 0 Å². The van der Waals surface area contributed by atoms with Gasteiger partial charge >= 0.3 is 6.18 Å². The number of rotatable bonds is 1. The van der Waals surface area contributed by atoms with Crippen LogP contribution in [0.2, 0.25) is 0 Å². The van der Waals surface area contributed by atoms with Gasteiger partial charge in [-0.3, -0.25) is 4.79 Å². The van der Waals surface area contributed by atoms with E-state index in [9.17, 15) is 18.0 Å². The molecule has 0 radical (unpaired) electrons. The molecule has 6 heteroatoms. The lowest BCUT2D eigenvalue weighted by Gasteiger charge is -2.19. The summed E-state index contributed by atoms with van der Waals surface area (Å²) in [4.78, 5) is 12.2. The molecule has 0 fully saturated rings. The first kappa shape index (κ1) is 11.4. The zero-order valence-corrected chi connectivity index (χ0v) is 9.60. The first-order chi connectivity index (χ1) is 7.37. The van der Waals surface area contributed by atoms with Crippen LogP contribution in [0, 0.1) is 0 Å². The molecule has 86 valence electrons. The predicted octanol–water partition coefficient (Wildman–Crippen LogP) is 2.90. The molecule has 1 aliphatic rings.